The van der Waals surface area contributed by atoms with Crippen LogP contribution >= 0.6 is 0 Å². The summed E-state index contributed by atoms with van der Waals surface area (Å²) in [5.41, 5.74) is -0.766. The zero-order valence-electron chi connectivity index (χ0n) is 6.60. The predicted octanol–water partition coefficient (Wildman–Crippen LogP) is -3.37. The van der Waals surface area contributed by atoms with Crippen molar-refractivity contribution < 1.29 is 10.2 Å². The van der Waals surface area contributed by atoms with Crippen molar-refractivity contribution in [3.8, 4) is 0 Å². The third kappa shape index (κ3) is 8.11. The SMILES string of the molecule is BC(B)(O)CC(B)(C)O. The Kier molecular flexibility index (Phi) is 2.42. The summed E-state index contributed by atoms with van der Waals surface area (Å²) in [5, 5.41) is 17.6. The highest BCUT2D eigenvalue weighted by molar-refractivity contribution is 6.39. The summed E-state index contributed by atoms with van der Waals surface area (Å²) in [6.45, 7) is 1.69. The van der Waals surface area contributed by atoms with E-state index in [-0.39, 0.29) is 0 Å². The van der Waals surface area contributed by atoms with Crippen LogP contribution in [0.4, 0.5) is 0 Å². The van der Waals surface area contributed by atoms with Crippen LogP contribution in [0.5, 0.6) is 0 Å². The maximum absolute atomic E-state index is 9.19. The van der Waals surface area contributed by atoms with Crippen LogP contribution in [0, 0.1) is 0 Å². The molecule has 0 spiro atoms. The minimum absolute atomic E-state index is 0.403. The van der Waals surface area contributed by atoms with Gasteiger partial charge >= 0.3 is 0 Å². The topological polar surface area (TPSA) is 40.5 Å². The van der Waals surface area contributed by atoms with Crippen molar-refractivity contribution >= 4 is 23.5 Å². The summed E-state index contributed by atoms with van der Waals surface area (Å²) in [6, 6.07) is 0. The molecule has 1 atom stereocenters. The smallest absolute Gasteiger partial charge is 0.142 e. The minimum Gasteiger partial charge on any atom is -0.408 e. The van der Waals surface area contributed by atoms with Crippen LogP contribution in [-0.2, 0) is 0 Å². The molecule has 2 nitrogen and oxygen atoms in total. The lowest BCUT2D eigenvalue weighted by Gasteiger charge is -2.26. The zero-order chi connectivity index (χ0) is 7.71. The molecule has 0 fully saturated rings. The van der Waals surface area contributed by atoms with Gasteiger partial charge < -0.3 is 10.2 Å². The van der Waals surface area contributed by atoms with Gasteiger partial charge in [-0.3, -0.25) is 0 Å². The Bertz CT molecular complexity index is 79.0. The number of rotatable bonds is 2. The molecule has 0 aromatic heterocycles. The quantitative estimate of drug-likeness (QED) is 0.379. The van der Waals surface area contributed by atoms with Crippen molar-refractivity contribution in [3.05, 3.63) is 0 Å². The number of aliphatic hydroxyl groups is 2. The van der Waals surface area contributed by atoms with Crippen molar-refractivity contribution in [1.29, 1.82) is 0 Å². The van der Waals surface area contributed by atoms with Crippen molar-refractivity contribution in [1.82, 2.24) is 0 Å². The summed E-state index contributed by atoms with van der Waals surface area (Å²) < 4.78 is 0. The van der Waals surface area contributed by atoms with Gasteiger partial charge in [-0.1, -0.05) is 0 Å². The van der Waals surface area contributed by atoms with E-state index in [2.05, 4.69) is 0 Å². The average molecular weight is 126 g/mol. The predicted molar refractivity (Wildman–Crippen MR) is 45.8 cm³/mol. The molecule has 0 saturated carbocycles. The molecule has 0 aliphatic carbocycles. The summed E-state index contributed by atoms with van der Waals surface area (Å²) in [5.74, 6) is 0. The van der Waals surface area contributed by atoms with Crippen LogP contribution in [0.15, 0.2) is 0 Å². The molecule has 0 bridgehead atoms. The van der Waals surface area contributed by atoms with E-state index in [9.17, 15) is 10.2 Å². The van der Waals surface area contributed by atoms with Crippen molar-refractivity contribution in [2.24, 2.45) is 0 Å². The van der Waals surface area contributed by atoms with Crippen LogP contribution in [-0.4, -0.2) is 44.7 Å². The lowest BCUT2D eigenvalue weighted by molar-refractivity contribution is 0.0797. The van der Waals surface area contributed by atoms with Gasteiger partial charge in [0.25, 0.3) is 0 Å². The molecule has 9 heavy (non-hydrogen) atoms. The molecule has 0 rings (SSSR count). The highest BCUT2D eigenvalue weighted by atomic mass is 16.3. The fraction of sp³-hybridized carbons (Fsp3) is 1.00. The molecular formula is C4H13B3O2. The maximum Gasteiger partial charge on any atom is 0.142 e. The lowest BCUT2D eigenvalue weighted by Crippen LogP contribution is -2.40. The van der Waals surface area contributed by atoms with E-state index in [0.29, 0.717) is 6.42 Å². The van der Waals surface area contributed by atoms with E-state index in [4.69, 9.17) is 0 Å². The summed E-state index contributed by atoms with van der Waals surface area (Å²) >= 11 is 0. The zero-order valence-corrected chi connectivity index (χ0v) is 6.60. The molecular weight excluding hydrogens is 112 g/mol. The van der Waals surface area contributed by atoms with E-state index in [1.54, 1.807) is 30.5 Å². The van der Waals surface area contributed by atoms with Crippen LogP contribution in [0.3, 0.4) is 0 Å². The van der Waals surface area contributed by atoms with Gasteiger partial charge in [0.2, 0.25) is 0 Å². The lowest BCUT2D eigenvalue weighted by atomic mass is 9.58. The molecule has 0 aromatic carbocycles. The monoisotopic (exact) mass is 126 g/mol. The number of hydrogen-bond donors (Lipinski definition) is 2. The first kappa shape index (κ1) is 9.11. The molecule has 0 saturated heterocycles. The van der Waals surface area contributed by atoms with Gasteiger partial charge in [0.1, 0.15) is 23.5 Å². The third-order valence-electron chi connectivity index (χ3n) is 0.865. The Morgan fingerprint density at radius 1 is 1.22 bits per heavy atom. The molecule has 1 unspecified atom stereocenters. The van der Waals surface area contributed by atoms with Gasteiger partial charge in [0, 0.05) is 10.9 Å². The van der Waals surface area contributed by atoms with Crippen molar-refractivity contribution in [2.75, 3.05) is 0 Å². The van der Waals surface area contributed by atoms with Crippen LogP contribution in [0.1, 0.15) is 13.3 Å². The Morgan fingerprint density at radius 2 is 1.56 bits per heavy atom. The Balaban J connectivity index is 3.75. The summed E-state index contributed by atoms with van der Waals surface area (Å²) in [4.78, 5) is 0. The molecule has 0 amide bonds. The van der Waals surface area contributed by atoms with Gasteiger partial charge in [-0.15, -0.1) is 0 Å². The average Bonchev–Trinajstić information content (AvgIpc) is 1.14. The van der Waals surface area contributed by atoms with Crippen LogP contribution in [0.25, 0.3) is 0 Å². The van der Waals surface area contributed by atoms with E-state index < -0.39 is 10.9 Å². The second-order valence-corrected chi connectivity index (χ2v) is 3.80. The highest BCUT2D eigenvalue weighted by Crippen LogP contribution is 2.10. The van der Waals surface area contributed by atoms with E-state index >= 15 is 0 Å². The maximum atomic E-state index is 9.19. The van der Waals surface area contributed by atoms with Gasteiger partial charge in [0.15, 0.2) is 0 Å². The fourth-order valence-corrected chi connectivity index (χ4v) is 1.06. The molecule has 0 radical (unpaired) electrons. The Hall–Kier alpha value is 0.115. The summed E-state index contributed by atoms with van der Waals surface area (Å²) in [7, 11) is 5.06. The first-order chi connectivity index (χ1) is 3.71. The van der Waals surface area contributed by atoms with E-state index in [1.165, 1.54) is 0 Å². The van der Waals surface area contributed by atoms with Gasteiger partial charge in [-0.05, 0) is 13.3 Å². The first-order valence-corrected chi connectivity index (χ1v) is 3.15. The van der Waals surface area contributed by atoms with Gasteiger partial charge in [-0.2, -0.15) is 0 Å². The molecule has 5 heteroatoms. The molecule has 2 N–H and O–H groups in total. The van der Waals surface area contributed by atoms with Crippen LogP contribution < -0.4 is 0 Å². The second-order valence-electron chi connectivity index (χ2n) is 3.80. The van der Waals surface area contributed by atoms with E-state index in [1.807, 2.05) is 0 Å². The largest absolute Gasteiger partial charge is 0.408 e. The molecule has 0 aromatic rings. The molecule has 50 valence electrons. The molecule has 0 aliphatic rings. The van der Waals surface area contributed by atoms with Crippen molar-refractivity contribution in [3.63, 3.8) is 0 Å². The fourth-order valence-electron chi connectivity index (χ4n) is 1.06. The normalized spacial score (nSPS) is 19.0. The highest BCUT2D eigenvalue weighted by Gasteiger charge is 2.23. The summed E-state index contributed by atoms with van der Waals surface area (Å²) in [6.07, 6.45) is 0.403. The Labute approximate surface area is 58.9 Å². The molecule has 0 heterocycles. The Morgan fingerprint density at radius 3 is 1.56 bits per heavy atom. The van der Waals surface area contributed by atoms with Crippen molar-refractivity contribution in [2.45, 2.75) is 24.2 Å². The first-order valence-electron chi connectivity index (χ1n) is 3.15. The van der Waals surface area contributed by atoms with Crippen LogP contribution in [0.2, 0.25) is 0 Å². The van der Waals surface area contributed by atoms with Gasteiger partial charge in [0.05, 0.1) is 0 Å². The minimum atomic E-state index is -0.766. The second kappa shape index (κ2) is 2.39. The third-order valence-corrected chi connectivity index (χ3v) is 0.865. The standard InChI is InChI=1S/C4H13B3O2/c1-3(5,8)2-4(6,7)9/h8-9H,2,5-7H2,1H3. The van der Waals surface area contributed by atoms with Gasteiger partial charge in [-0.25, -0.2) is 0 Å². The van der Waals surface area contributed by atoms with E-state index in [0.717, 1.165) is 0 Å². The number of hydrogen-bond acceptors (Lipinski definition) is 2. The molecule has 0 aliphatic heterocycles.